The second kappa shape index (κ2) is 9.60. The van der Waals surface area contributed by atoms with Gasteiger partial charge in [-0.2, -0.15) is 0 Å². The molecule has 28 heavy (non-hydrogen) atoms. The molecule has 150 valence electrons. The van der Waals surface area contributed by atoms with Crippen molar-refractivity contribution in [2.75, 3.05) is 38.3 Å². The number of rotatable bonds is 7. The van der Waals surface area contributed by atoms with Gasteiger partial charge in [-0.3, -0.25) is 4.79 Å². The molecule has 2 aromatic rings. The van der Waals surface area contributed by atoms with Crippen LogP contribution < -0.4 is 15.0 Å². The van der Waals surface area contributed by atoms with Gasteiger partial charge >= 0.3 is 0 Å². The number of carbonyl (C=O) groups excluding carboxylic acids is 1. The van der Waals surface area contributed by atoms with E-state index in [-0.39, 0.29) is 11.9 Å². The van der Waals surface area contributed by atoms with Crippen molar-refractivity contribution in [3.63, 3.8) is 0 Å². The zero-order valence-corrected chi connectivity index (χ0v) is 17.0. The summed E-state index contributed by atoms with van der Waals surface area (Å²) in [5.74, 6) is 1.24. The van der Waals surface area contributed by atoms with Crippen molar-refractivity contribution in [3.05, 3.63) is 59.7 Å². The minimum absolute atomic E-state index is 0.0303. The van der Waals surface area contributed by atoms with Crippen LogP contribution in [0.25, 0.3) is 0 Å². The molecule has 1 aliphatic heterocycles. The zero-order chi connectivity index (χ0) is 19.9. The first-order valence-electron chi connectivity index (χ1n) is 9.94. The van der Waals surface area contributed by atoms with Gasteiger partial charge in [0, 0.05) is 24.3 Å². The van der Waals surface area contributed by atoms with Crippen molar-refractivity contribution in [2.24, 2.45) is 5.92 Å². The molecule has 0 aliphatic carbocycles. The molecule has 1 amide bonds. The van der Waals surface area contributed by atoms with Gasteiger partial charge in [-0.15, -0.1) is 0 Å². The number of nitrogens with one attached hydrogen (secondary N) is 1. The average molecular weight is 383 g/mol. The van der Waals surface area contributed by atoms with Gasteiger partial charge in [0.15, 0.2) is 0 Å². The molecular formula is C23H30N2O3. The highest BCUT2D eigenvalue weighted by Gasteiger charge is 2.18. The molecule has 1 aliphatic rings. The highest BCUT2D eigenvalue weighted by atomic mass is 16.5. The van der Waals surface area contributed by atoms with Crippen LogP contribution in [0.2, 0.25) is 0 Å². The van der Waals surface area contributed by atoms with Crippen LogP contribution in [0.1, 0.15) is 42.2 Å². The molecule has 1 atom stereocenters. The Bertz CT molecular complexity index is 750. The summed E-state index contributed by atoms with van der Waals surface area (Å²) in [5, 5.41) is 3.20. The third-order valence-corrected chi connectivity index (χ3v) is 5.04. The van der Waals surface area contributed by atoms with Crippen LogP contribution in [0.15, 0.2) is 48.5 Å². The van der Waals surface area contributed by atoms with Gasteiger partial charge in [0.2, 0.25) is 0 Å². The average Bonchev–Trinajstić information content (AvgIpc) is 2.74. The SMILES string of the molecule is COc1ccc([C@H](CC(C)C)NC(=O)c2ccc(N3CCOCC3)cc2)cc1. The molecule has 1 fully saturated rings. The Hall–Kier alpha value is -2.53. The van der Waals surface area contributed by atoms with Crippen molar-refractivity contribution in [3.8, 4) is 5.75 Å². The van der Waals surface area contributed by atoms with Crippen LogP contribution in [-0.4, -0.2) is 39.3 Å². The number of morpholine rings is 1. The highest BCUT2D eigenvalue weighted by Crippen LogP contribution is 2.24. The number of hydrogen-bond donors (Lipinski definition) is 1. The molecule has 0 spiro atoms. The van der Waals surface area contributed by atoms with E-state index in [1.54, 1.807) is 7.11 Å². The van der Waals surface area contributed by atoms with Crippen LogP contribution in [-0.2, 0) is 4.74 Å². The number of anilines is 1. The lowest BCUT2D eigenvalue weighted by Crippen LogP contribution is -2.36. The summed E-state index contributed by atoms with van der Waals surface area (Å²) >= 11 is 0. The van der Waals surface area contributed by atoms with Gasteiger partial charge in [-0.05, 0) is 54.3 Å². The van der Waals surface area contributed by atoms with E-state index in [4.69, 9.17) is 9.47 Å². The molecule has 1 heterocycles. The minimum atomic E-state index is -0.0463. The van der Waals surface area contributed by atoms with E-state index in [1.807, 2.05) is 48.5 Å². The molecule has 0 radical (unpaired) electrons. The second-order valence-corrected chi connectivity index (χ2v) is 7.58. The van der Waals surface area contributed by atoms with Crippen LogP contribution in [0, 0.1) is 5.92 Å². The van der Waals surface area contributed by atoms with E-state index in [2.05, 4.69) is 24.1 Å². The van der Waals surface area contributed by atoms with Crippen molar-refractivity contribution < 1.29 is 14.3 Å². The summed E-state index contributed by atoms with van der Waals surface area (Å²) < 4.78 is 10.6. The first-order chi connectivity index (χ1) is 13.6. The van der Waals surface area contributed by atoms with E-state index < -0.39 is 0 Å². The van der Waals surface area contributed by atoms with Crippen molar-refractivity contribution >= 4 is 11.6 Å². The largest absolute Gasteiger partial charge is 0.497 e. The number of amides is 1. The van der Waals surface area contributed by atoms with Crippen molar-refractivity contribution in [2.45, 2.75) is 26.3 Å². The Morgan fingerprint density at radius 2 is 1.71 bits per heavy atom. The third-order valence-electron chi connectivity index (χ3n) is 5.04. The highest BCUT2D eigenvalue weighted by molar-refractivity contribution is 5.94. The van der Waals surface area contributed by atoms with E-state index in [1.165, 1.54) is 0 Å². The maximum Gasteiger partial charge on any atom is 0.251 e. The second-order valence-electron chi connectivity index (χ2n) is 7.58. The molecule has 0 unspecified atom stereocenters. The lowest BCUT2D eigenvalue weighted by atomic mass is 9.96. The summed E-state index contributed by atoms with van der Waals surface area (Å²) in [4.78, 5) is 15.1. The molecule has 3 rings (SSSR count). The number of carbonyl (C=O) groups is 1. The first-order valence-corrected chi connectivity index (χ1v) is 9.94. The lowest BCUT2D eigenvalue weighted by Gasteiger charge is -2.29. The Balaban J connectivity index is 1.69. The zero-order valence-electron chi connectivity index (χ0n) is 17.0. The molecule has 0 saturated carbocycles. The number of nitrogens with zero attached hydrogens (tertiary/aromatic N) is 1. The summed E-state index contributed by atoms with van der Waals surface area (Å²) in [5.41, 5.74) is 2.90. The molecule has 2 aromatic carbocycles. The van der Waals surface area contributed by atoms with Crippen LogP contribution in [0.5, 0.6) is 5.75 Å². The van der Waals surface area contributed by atoms with Crippen LogP contribution in [0.4, 0.5) is 5.69 Å². The summed E-state index contributed by atoms with van der Waals surface area (Å²) in [6.07, 6.45) is 0.879. The Labute approximate surface area is 167 Å². The Morgan fingerprint density at radius 1 is 1.07 bits per heavy atom. The lowest BCUT2D eigenvalue weighted by molar-refractivity contribution is 0.0932. The number of benzene rings is 2. The first kappa shape index (κ1) is 20.2. The van der Waals surface area contributed by atoms with Crippen LogP contribution >= 0.6 is 0 Å². The van der Waals surface area contributed by atoms with Crippen molar-refractivity contribution in [1.82, 2.24) is 5.32 Å². The van der Waals surface area contributed by atoms with E-state index in [0.717, 1.165) is 49.7 Å². The monoisotopic (exact) mass is 382 g/mol. The van der Waals surface area contributed by atoms with Gasteiger partial charge in [0.1, 0.15) is 5.75 Å². The fraction of sp³-hybridized carbons (Fsp3) is 0.435. The van der Waals surface area contributed by atoms with Gasteiger partial charge in [-0.1, -0.05) is 26.0 Å². The minimum Gasteiger partial charge on any atom is -0.497 e. The van der Waals surface area contributed by atoms with Crippen molar-refractivity contribution in [1.29, 1.82) is 0 Å². The maximum atomic E-state index is 12.9. The number of ether oxygens (including phenoxy) is 2. The quantitative estimate of drug-likeness (QED) is 0.785. The predicted octanol–water partition coefficient (Wildman–Crippen LogP) is 4.05. The standard InChI is InChI=1S/C23H30N2O3/c1-17(2)16-22(18-6-10-21(27-3)11-7-18)24-23(26)19-4-8-20(9-5-19)25-12-14-28-15-13-25/h4-11,17,22H,12-16H2,1-3H3,(H,24,26)/t22-/m0/s1. The summed E-state index contributed by atoms with van der Waals surface area (Å²) in [6.45, 7) is 7.61. The molecular weight excluding hydrogens is 352 g/mol. The Morgan fingerprint density at radius 3 is 2.29 bits per heavy atom. The summed E-state index contributed by atoms with van der Waals surface area (Å²) in [7, 11) is 1.66. The van der Waals surface area contributed by atoms with E-state index in [9.17, 15) is 4.79 Å². The van der Waals surface area contributed by atoms with Gasteiger partial charge in [0.25, 0.3) is 5.91 Å². The molecule has 0 aromatic heterocycles. The maximum absolute atomic E-state index is 12.9. The van der Waals surface area contributed by atoms with Crippen LogP contribution in [0.3, 0.4) is 0 Å². The fourth-order valence-corrected chi connectivity index (χ4v) is 3.47. The predicted molar refractivity (Wildman–Crippen MR) is 112 cm³/mol. The van der Waals surface area contributed by atoms with E-state index in [0.29, 0.717) is 11.5 Å². The Kier molecular flexibility index (Phi) is 6.93. The molecule has 1 saturated heterocycles. The summed E-state index contributed by atoms with van der Waals surface area (Å²) in [6, 6.07) is 15.7. The van der Waals surface area contributed by atoms with Gasteiger partial charge in [0.05, 0.1) is 26.4 Å². The molecule has 1 N–H and O–H groups in total. The van der Waals surface area contributed by atoms with Gasteiger partial charge in [-0.25, -0.2) is 0 Å². The smallest absolute Gasteiger partial charge is 0.251 e. The molecule has 5 nitrogen and oxygen atoms in total. The molecule has 0 bridgehead atoms. The third kappa shape index (κ3) is 5.26. The van der Waals surface area contributed by atoms with E-state index >= 15 is 0 Å². The normalized spacial score (nSPS) is 15.4. The molecule has 5 heteroatoms. The fourth-order valence-electron chi connectivity index (χ4n) is 3.47. The topological polar surface area (TPSA) is 50.8 Å². The van der Waals surface area contributed by atoms with Gasteiger partial charge < -0.3 is 19.7 Å². The number of hydrogen-bond acceptors (Lipinski definition) is 4. The number of methoxy groups -OCH3 is 1.